The Morgan fingerprint density at radius 1 is 1.15 bits per heavy atom. The van der Waals surface area contributed by atoms with E-state index in [2.05, 4.69) is 10.6 Å². The lowest BCUT2D eigenvalue weighted by Crippen LogP contribution is -2.38. The SMILES string of the molecule is CC1(c2ccc(F)c(F)c2)CC1NC(=O)NCc1ccc(C(=O)O)cc1. The fraction of sp³-hybridized carbons (Fsp3) is 0.263. The Hall–Kier alpha value is -2.96. The molecule has 0 spiro atoms. The van der Waals surface area contributed by atoms with Crippen LogP contribution in [0, 0.1) is 11.6 Å². The molecule has 0 radical (unpaired) electrons. The number of halogens is 2. The molecule has 2 amide bonds. The second-order valence-electron chi connectivity index (χ2n) is 6.63. The fourth-order valence-corrected chi connectivity index (χ4v) is 2.90. The molecule has 3 N–H and O–H groups in total. The molecule has 1 fully saturated rings. The third-order valence-electron chi connectivity index (χ3n) is 4.78. The number of rotatable bonds is 5. The summed E-state index contributed by atoms with van der Waals surface area (Å²) >= 11 is 0. The van der Waals surface area contributed by atoms with Gasteiger partial charge in [0.2, 0.25) is 0 Å². The van der Waals surface area contributed by atoms with E-state index in [1.807, 2.05) is 6.92 Å². The summed E-state index contributed by atoms with van der Waals surface area (Å²) in [5.41, 5.74) is 1.17. The van der Waals surface area contributed by atoms with Crippen molar-refractivity contribution in [2.75, 3.05) is 0 Å². The fourth-order valence-electron chi connectivity index (χ4n) is 2.90. The van der Waals surface area contributed by atoms with Crippen molar-refractivity contribution >= 4 is 12.0 Å². The molecule has 136 valence electrons. The molecule has 1 aliphatic carbocycles. The molecule has 2 atom stereocenters. The number of amides is 2. The predicted molar refractivity (Wildman–Crippen MR) is 90.9 cm³/mol. The quantitative estimate of drug-likeness (QED) is 0.766. The molecule has 1 aliphatic rings. The van der Waals surface area contributed by atoms with Gasteiger partial charge < -0.3 is 15.7 Å². The Bertz CT molecular complexity index is 854. The molecular weight excluding hydrogens is 342 g/mol. The molecule has 0 heterocycles. The van der Waals surface area contributed by atoms with Crippen molar-refractivity contribution < 1.29 is 23.5 Å². The van der Waals surface area contributed by atoms with Gasteiger partial charge in [0.15, 0.2) is 11.6 Å². The van der Waals surface area contributed by atoms with Crippen LogP contribution in [-0.4, -0.2) is 23.1 Å². The van der Waals surface area contributed by atoms with Crippen LogP contribution in [0.25, 0.3) is 0 Å². The number of carbonyl (C=O) groups excluding carboxylic acids is 1. The lowest BCUT2D eigenvalue weighted by Gasteiger charge is -2.14. The van der Waals surface area contributed by atoms with Gasteiger partial charge in [-0.25, -0.2) is 18.4 Å². The summed E-state index contributed by atoms with van der Waals surface area (Å²) < 4.78 is 26.5. The average Bonchev–Trinajstić information content (AvgIpc) is 3.26. The Labute approximate surface area is 149 Å². The van der Waals surface area contributed by atoms with Crippen molar-refractivity contribution in [2.24, 2.45) is 0 Å². The highest BCUT2D eigenvalue weighted by Crippen LogP contribution is 2.48. The maximum absolute atomic E-state index is 13.4. The van der Waals surface area contributed by atoms with E-state index in [0.717, 1.165) is 11.6 Å². The maximum atomic E-state index is 13.4. The van der Waals surface area contributed by atoms with Crippen LogP contribution in [0.1, 0.15) is 34.8 Å². The van der Waals surface area contributed by atoms with Crippen LogP contribution in [0.15, 0.2) is 42.5 Å². The minimum absolute atomic E-state index is 0.165. The minimum Gasteiger partial charge on any atom is -0.478 e. The molecule has 0 bridgehead atoms. The first-order valence-electron chi connectivity index (χ1n) is 8.12. The molecule has 2 aromatic carbocycles. The molecule has 7 heteroatoms. The first-order valence-corrected chi connectivity index (χ1v) is 8.12. The smallest absolute Gasteiger partial charge is 0.335 e. The summed E-state index contributed by atoms with van der Waals surface area (Å²) in [6.07, 6.45) is 0.638. The molecule has 26 heavy (non-hydrogen) atoms. The van der Waals surface area contributed by atoms with Crippen molar-refractivity contribution in [3.8, 4) is 0 Å². The van der Waals surface area contributed by atoms with Crippen LogP contribution in [0.4, 0.5) is 13.6 Å². The van der Waals surface area contributed by atoms with Gasteiger partial charge in [-0.05, 0) is 41.8 Å². The van der Waals surface area contributed by atoms with Gasteiger partial charge >= 0.3 is 12.0 Å². The van der Waals surface area contributed by atoms with Crippen molar-refractivity contribution in [3.63, 3.8) is 0 Å². The molecule has 1 saturated carbocycles. The third-order valence-corrected chi connectivity index (χ3v) is 4.78. The summed E-state index contributed by atoms with van der Waals surface area (Å²) in [5, 5.41) is 14.4. The van der Waals surface area contributed by atoms with Gasteiger partial charge in [0.05, 0.1) is 5.56 Å². The average molecular weight is 360 g/mol. The number of aromatic carboxylic acids is 1. The molecule has 0 aromatic heterocycles. The van der Waals surface area contributed by atoms with Crippen molar-refractivity contribution in [2.45, 2.75) is 31.3 Å². The summed E-state index contributed by atoms with van der Waals surface area (Å²) in [6, 6.07) is 9.45. The zero-order valence-corrected chi connectivity index (χ0v) is 14.1. The summed E-state index contributed by atoms with van der Waals surface area (Å²) in [6.45, 7) is 2.13. The van der Waals surface area contributed by atoms with Crippen molar-refractivity contribution in [1.82, 2.24) is 10.6 Å². The van der Waals surface area contributed by atoms with Gasteiger partial charge in [0, 0.05) is 18.0 Å². The monoisotopic (exact) mass is 360 g/mol. The number of urea groups is 1. The Balaban J connectivity index is 1.53. The highest BCUT2D eigenvalue weighted by molar-refractivity contribution is 5.87. The second kappa shape index (κ2) is 6.74. The highest BCUT2D eigenvalue weighted by atomic mass is 19.2. The molecule has 2 unspecified atom stereocenters. The predicted octanol–water partition coefficient (Wildman–Crippen LogP) is 3.19. The number of carboxylic acid groups (broad SMARTS) is 1. The molecule has 2 aromatic rings. The van der Waals surface area contributed by atoms with E-state index in [4.69, 9.17) is 5.11 Å². The van der Waals surface area contributed by atoms with Gasteiger partial charge in [0.1, 0.15) is 0 Å². The largest absolute Gasteiger partial charge is 0.478 e. The number of hydrogen-bond acceptors (Lipinski definition) is 2. The van der Waals surface area contributed by atoms with E-state index >= 15 is 0 Å². The molecule has 0 aliphatic heterocycles. The first kappa shape index (κ1) is 17.8. The van der Waals surface area contributed by atoms with Gasteiger partial charge in [-0.15, -0.1) is 0 Å². The van der Waals surface area contributed by atoms with Crippen molar-refractivity contribution in [3.05, 3.63) is 70.8 Å². The molecule has 3 rings (SSSR count). The summed E-state index contributed by atoms with van der Waals surface area (Å²) in [5.74, 6) is -2.80. The van der Waals surface area contributed by atoms with E-state index in [1.54, 1.807) is 12.1 Å². The lowest BCUT2D eigenvalue weighted by atomic mass is 9.97. The highest BCUT2D eigenvalue weighted by Gasteiger charge is 2.52. The first-order chi connectivity index (χ1) is 12.3. The minimum atomic E-state index is -1.01. The summed E-state index contributed by atoms with van der Waals surface area (Å²) in [4.78, 5) is 22.8. The number of nitrogens with one attached hydrogen (secondary N) is 2. The maximum Gasteiger partial charge on any atom is 0.335 e. The number of benzene rings is 2. The molecule has 0 saturated heterocycles. The summed E-state index contributed by atoms with van der Waals surface area (Å²) in [7, 11) is 0. The van der Waals surface area contributed by atoms with Crippen LogP contribution in [0.5, 0.6) is 0 Å². The normalized spacial score (nSPS) is 21.1. The third kappa shape index (κ3) is 3.66. The van der Waals surface area contributed by atoms with Crippen molar-refractivity contribution in [1.29, 1.82) is 0 Å². The number of carboxylic acids is 1. The Kier molecular flexibility index (Phi) is 4.63. The Morgan fingerprint density at radius 3 is 2.46 bits per heavy atom. The molecule has 5 nitrogen and oxygen atoms in total. The Morgan fingerprint density at radius 2 is 1.85 bits per heavy atom. The van der Waals surface area contributed by atoms with Gasteiger partial charge in [-0.2, -0.15) is 0 Å². The van der Waals surface area contributed by atoms with Crippen LogP contribution >= 0.6 is 0 Å². The number of hydrogen-bond donors (Lipinski definition) is 3. The van der Waals surface area contributed by atoms with E-state index in [9.17, 15) is 18.4 Å². The van der Waals surface area contributed by atoms with E-state index in [0.29, 0.717) is 12.0 Å². The van der Waals surface area contributed by atoms with Crippen LogP contribution < -0.4 is 10.6 Å². The van der Waals surface area contributed by atoms with Crippen LogP contribution in [0.3, 0.4) is 0 Å². The van der Waals surface area contributed by atoms with E-state index < -0.39 is 23.0 Å². The van der Waals surface area contributed by atoms with Gasteiger partial charge in [-0.1, -0.05) is 25.1 Å². The topological polar surface area (TPSA) is 78.4 Å². The van der Waals surface area contributed by atoms with E-state index in [-0.39, 0.29) is 24.2 Å². The lowest BCUT2D eigenvalue weighted by molar-refractivity contribution is 0.0697. The second-order valence-corrected chi connectivity index (χ2v) is 6.63. The van der Waals surface area contributed by atoms with Crippen LogP contribution in [0.2, 0.25) is 0 Å². The zero-order chi connectivity index (χ0) is 18.9. The zero-order valence-electron chi connectivity index (χ0n) is 14.1. The van der Waals surface area contributed by atoms with Gasteiger partial charge in [-0.3, -0.25) is 0 Å². The standard InChI is InChI=1S/C19H18F2N2O3/c1-19(13-6-7-14(20)15(21)8-13)9-16(19)23-18(26)22-10-11-2-4-12(5-3-11)17(24)25/h2-8,16H,9-10H2,1H3,(H,24,25)(H2,22,23,26). The number of carbonyl (C=O) groups is 2. The van der Waals surface area contributed by atoms with Gasteiger partial charge in [0.25, 0.3) is 0 Å². The molecular formula is C19H18F2N2O3. The van der Waals surface area contributed by atoms with Crippen LogP contribution in [-0.2, 0) is 12.0 Å². The van der Waals surface area contributed by atoms with E-state index in [1.165, 1.54) is 24.3 Å².